The Morgan fingerprint density at radius 1 is 1.29 bits per heavy atom. The van der Waals surface area contributed by atoms with Gasteiger partial charge in [-0.2, -0.15) is 0 Å². The highest BCUT2D eigenvalue weighted by Crippen LogP contribution is 2.41. The number of nitrogens with one attached hydrogen (secondary N) is 1. The Hall–Kier alpha value is -1.79. The fraction of sp³-hybridized carbons (Fsp3) is 0.400. The van der Waals surface area contributed by atoms with Crippen LogP contribution in [-0.4, -0.2) is 15.0 Å². The van der Waals surface area contributed by atoms with E-state index in [1.807, 2.05) is 0 Å². The van der Waals surface area contributed by atoms with Gasteiger partial charge in [-0.05, 0) is 36.8 Å². The summed E-state index contributed by atoms with van der Waals surface area (Å²) < 4.78 is 1.00. The van der Waals surface area contributed by atoms with E-state index in [0.717, 1.165) is 40.7 Å². The predicted octanol–water partition coefficient (Wildman–Crippen LogP) is 2.97. The lowest BCUT2D eigenvalue weighted by Crippen LogP contribution is -2.08. The van der Waals surface area contributed by atoms with Crippen LogP contribution in [0.15, 0.2) is 6.33 Å². The first-order valence-corrected chi connectivity index (χ1v) is 8.19. The molecule has 1 aliphatic rings. The molecule has 0 saturated heterocycles. The van der Waals surface area contributed by atoms with Crippen molar-refractivity contribution in [3.63, 3.8) is 0 Å². The minimum absolute atomic E-state index is 0.687. The van der Waals surface area contributed by atoms with Crippen LogP contribution in [-0.2, 0) is 19.3 Å². The average Bonchev–Trinajstić information content (AvgIpc) is 3.10. The van der Waals surface area contributed by atoms with E-state index in [4.69, 9.17) is 10.8 Å². The molecule has 3 heterocycles. The number of hydrogen-bond donors (Lipinski definition) is 2. The summed E-state index contributed by atoms with van der Waals surface area (Å²) in [5.74, 6) is 6.26. The molecule has 0 atom stereocenters. The van der Waals surface area contributed by atoms with Gasteiger partial charge >= 0.3 is 0 Å². The van der Waals surface area contributed by atoms with E-state index in [1.165, 1.54) is 28.6 Å². The lowest BCUT2D eigenvalue weighted by molar-refractivity contribution is 0.856. The number of nitrogen functional groups attached to an aromatic ring is 1. The van der Waals surface area contributed by atoms with Crippen molar-refractivity contribution in [1.82, 2.24) is 15.0 Å². The number of pyridine rings is 1. The van der Waals surface area contributed by atoms with Gasteiger partial charge < -0.3 is 5.43 Å². The van der Waals surface area contributed by atoms with Gasteiger partial charge in [0.1, 0.15) is 11.2 Å². The zero-order valence-electron chi connectivity index (χ0n) is 11.9. The smallest absolute Gasteiger partial charge is 0.161 e. The Labute approximate surface area is 126 Å². The van der Waals surface area contributed by atoms with Gasteiger partial charge in [-0.1, -0.05) is 13.3 Å². The molecule has 0 spiro atoms. The number of rotatable bonds is 3. The normalized spacial score (nSPS) is 14.0. The number of hydrogen-bond acceptors (Lipinski definition) is 6. The largest absolute Gasteiger partial charge is 0.307 e. The van der Waals surface area contributed by atoms with Crippen molar-refractivity contribution in [1.29, 1.82) is 0 Å². The molecule has 21 heavy (non-hydrogen) atoms. The van der Waals surface area contributed by atoms with Gasteiger partial charge in [0.15, 0.2) is 5.82 Å². The number of nitrogens with two attached hydrogens (primary N) is 1. The average molecular weight is 299 g/mol. The van der Waals surface area contributed by atoms with Crippen molar-refractivity contribution in [2.24, 2.45) is 5.84 Å². The Bertz CT molecular complexity index is 839. The van der Waals surface area contributed by atoms with E-state index in [9.17, 15) is 0 Å². The van der Waals surface area contributed by atoms with Crippen molar-refractivity contribution < 1.29 is 0 Å². The highest BCUT2D eigenvalue weighted by molar-refractivity contribution is 7.26. The molecule has 0 aliphatic heterocycles. The molecular weight excluding hydrogens is 282 g/mol. The zero-order valence-corrected chi connectivity index (χ0v) is 12.8. The highest BCUT2D eigenvalue weighted by atomic mass is 32.1. The first kappa shape index (κ1) is 12.9. The molecule has 0 amide bonds. The second-order valence-electron chi connectivity index (χ2n) is 5.45. The number of hydrazine groups is 1. The minimum atomic E-state index is 0.687. The molecule has 0 radical (unpaired) electrons. The highest BCUT2D eigenvalue weighted by Gasteiger charge is 2.23. The number of aromatic nitrogens is 3. The van der Waals surface area contributed by atoms with Crippen LogP contribution in [0.2, 0.25) is 0 Å². The van der Waals surface area contributed by atoms with Crippen LogP contribution in [0.3, 0.4) is 0 Å². The first-order chi connectivity index (χ1) is 10.3. The van der Waals surface area contributed by atoms with Crippen LogP contribution in [0.4, 0.5) is 5.82 Å². The minimum Gasteiger partial charge on any atom is -0.307 e. The summed E-state index contributed by atoms with van der Waals surface area (Å²) in [6, 6.07) is 0. The molecule has 4 rings (SSSR count). The first-order valence-electron chi connectivity index (χ1n) is 7.38. The van der Waals surface area contributed by atoms with Gasteiger partial charge in [-0.15, -0.1) is 11.3 Å². The zero-order chi connectivity index (χ0) is 14.4. The third kappa shape index (κ3) is 1.82. The van der Waals surface area contributed by atoms with Gasteiger partial charge in [0.2, 0.25) is 0 Å². The molecule has 0 saturated carbocycles. The summed E-state index contributed by atoms with van der Waals surface area (Å²) in [4.78, 5) is 14.7. The quantitative estimate of drug-likeness (QED) is 0.574. The molecule has 5 nitrogen and oxygen atoms in total. The monoisotopic (exact) mass is 299 g/mol. The van der Waals surface area contributed by atoms with Crippen molar-refractivity contribution >= 4 is 37.6 Å². The summed E-state index contributed by atoms with van der Waals surface area (Å²) in [6.45, 7) is 2.21. The molecule has 1 aliphatic carbocycles. The Balaban J connectivity index is 2.11. The van der Waals surface area contributed by atoms with Crippen LogP contribution < -0.4 is 11.3 Å². The fourth-order valence-corrected chi connectivity index (χ4v) is 4.45. The molecule has 3 N–H and O–H groups in total. The lowest BCUT2D eigenvalue weighted by Gasteiger charge is -2.08. The second kappa shape index (κ2) is 4.89. The van der Waals surface area contributed by atoms with E-state index in [1.54, 1.807) is 17.7 Å². The van der Waals surface area contributed by atoms with Crippen LogP contribution in [0.1, 0.15) is 36.6 Å². The maximum absolute atomic E-state index is 5.57. The third-order valence-electron chi connectivity index (χ3n) is 4.18. The molecule has 108 valence electrons. The van der Waals surface area contributed by atoms with E-state index >= 15 is 0 Å². The summed E-state index contributed by atoms with van der Waals surface area (Å²) in [7, 11) is 0. The van der Waals surface area contributed by atoms with Crippen LogP contribution in [0.25, 0.3) is 20.4 Å². The molecule has 0 bridgehead atoms. The van der Waals surface area contributed by atoms with Crippen molar-refractivity contribution in [3.8, 4) is 0 Å². The van der Waals surface area contributed by atoms with Crippen molar-refractivity contribution in [2.45, 2.75) is 39.0 Å². The van der Waals surface area contributed by atoms with E-state index in [0.29, 0.717) is 5.82 Å². The van der Waals surface area contributed by atoms with Gasteiger partial charge in [0.05, 0.1) is 10.2 Å². The molecule has 0 fully saturated rings. The predicted molar refractivity (Wildman–Crippen MR) is 86.5 cm³/mol. The molecule has 3 aromatic heterocycles. The number of aryl methyl sites for hydroxylation is 2. The molecule has 3 aromatic rings. The molecule has 0 unspecified atom stereocenters. The SMILES string of the molecule is CCCc1nc2sc3c(NN)ncnc3c2c2c1CCC2. The van der Waals surface area contributed by atoms with Crippen molar-refractivity contribution in [3.05, 3.63) is 23.1 Å². The van der Waals surface area contributed by atoms with Gasteiger partial charge in [-0.25, -0.2) is 20.8 Å². The van der Waals surface area contributed by atoms with E-state index < -0.39 is 0 Å². The number of anilines is 1. The summed E-state index contributed by atoms with van der Waals surface area (Å²) in [5.41, 5.74) is 7.86. The van der Waals surface area contributed by atoms with E-state index in [-0.39, 0.29) is 0 Å². The molecular formula is C15H17N5S. The topological polar surface area (TPSA) is 76.7 Å². The molecule has 0 aromatic carbocycles. The van der Waals surface area contributed by atoms with Crippen LogP contribution in [0.5, 0.6) is 0 Å². The summed E-state index contributed by atoms with van der Waals surface area (Å²) >= 11 is 1.64. The maximum atomic E-state index is 5.57. The van der Waals surface area contributed by atoms with E-state index in [2.05, 4.69) is 22.3 Å². The number of thiophene rings is 1. The lowest BCUT2D eigenvalue weighted by atomic mass is 10.0. The standard InChI is InChI=1S/C15H17N5S/c1-2-4-10-8-5-3-6-9(8)11-12-13(21-15(11)19-10)14(20-16)18-7-17-12/h7H,2-6,16H2,1H3,(H,17,18,20). The van der Waals surface area contributed by atoms with Gasteiger partial charge in [0.25, 0.3) is 0 Å². The fourth-order valence-electron chi connectivity index (χ4n) is 3.32. The van der Waals surface area contributed by atoms with Crippen LogP contribution in [0, 0.1) is 0 Å². The summed E-state index contributed by atoms with van der Waals surface area (Å²) in [6.07, 6.45) is 7.26. The third-order valence-corrected chi connectivity index (χ3v) is 5.26. The Kier molecular flexibility index (Phi) is 3.01. The maximum Gasteiger partial charge on any atom is 0.161 e. The van der Waals surface area contributed by atoms with Crippen LogP contribution >= 0.6 is 11.3 Å². The Morgan fingerprint density at radius 3 is 2.95 bits per heavy atom. The Morgan fingerprint density at radius 2 is 2.14 bits per heavy atom. The van der Waals surface area contributed by atoms with Crippen molar-refractivity contribution in [2.75, 3.05) is 5.43 Å². The van der Waals surface area contributed by atoms with Gasteiger partial charge in [-0.3, -0.25) is 0 Å². The second-order valence-corrected chi connectivity index (χ2v) is 6.44. The number of fused-ring (bicyclic) bond motifs is 5. The molecule has 6 heteroatoms. The number of nitrogens with zero attached hydrogens (tertiary/aromatic N) is 3. The van der Waals surface area contributed by atoms with Gasteiger partial charge in [0, 0.05) is 11.1 Å². The summed E-state index contributed by atoms with van der Waals surface area (Å²) in [5, 5.41) is 1.22.